The monoisotopic (exact) mass is 449 g/mol. The highest BCUT2D eigenvalue weighted by Gasteiger charge is 2.05. The van der Waals surface area contributed by atoms with Crippen molar-refractivity contribution in [3.63, 3.8) is 0 Å². The molecule has 0 fully saturated rings. The van der Waals surface area contributed by atoms with Crippen molar-refractivity contribution in [2.24, 2.45) is 5.10 Å². The van der Waals surface area contributed by atoms with Crippen LogP contribution in [0.4, 0.5) is 0 Å². The Bertz CT molecular complexity index is 887. The molecular formula is C18H13ClIN3O. The van der Waals surface area contributed by atoms with Gasteiger partial charge in [0.15, 0.2) is 0 Å². The predicted molar refractivity (Wildman–Crippen MR) is 105 cm³/mol. The Morgan fingerprint density at radius 3 is 2.67 bits per heavy atom. The molecule has 0 saturated carbocycles. The molecular weight excluding hydrogens is 437 g/mol. The van der Waals surface area contributed by atoms with Crippen LogP contribution >= 0.6 is 34.2 Å². The maximum atomic E-state index is 12.1. The van der Waals surface area contributed by atoms with Crippen LogP contribution in [-0.2, 0) is 0 Å². The van der Waals surface area contributed by atoms with Gasteiger partial charge in [0.05, 0.1) is 11.9 Å². The second-order valence-corrected chi connectivity index (χ2v) is 6.67. The van der Waals surface area contributed by atoms with Crippen LogP contribution < -0.4 is 5.43 Å². The van der Waals surface area contributed by atoms with Crippen LogP contribution in [0.1, 0.15) is 16.1 Å². The lowest BCUT2D eigenvalue weighted by Crippen LogP contribution is -2.17. The van der Waals surface area contributed by atoms with Crippen molar-refractivity contribution in [2.75, 3.05) is 0 Å². The molecule has 0 aliphatic carbocycles. The SMILES string of the molecule is O=C(N/N=C\c1cccn1-c1ccc(Cl)cc1)c1cccc(I)c1. The third-order valence-corrected chi connectivity index (χ3v) is 4.26. The van der Waals surface area contributed by atoms with Gasteiger partial charge in [-0.15, -0.1) is 0 Å². The molecule has 0 saturated heterocycles. The third-order valence-electron chi connectivity index (χ3n) is 3.33. The van der Waals surface area contributed by atoms with Gasteiger partial charge >= 0.3 is 0 Å². The Balaban J connectivity index is 1.73. The predicted octanol–water partition coefficient (Wildman–Crippen LogP) is 4.50. The van der Waals surface area contributed by atoms with Crippen LogP contribution in [0.2, 0.25) is 5.02 Å². The molecule has 1 N–H and O–H groups in total. The van der Waals surface area contributed by atoms with E-state index in [9.17, 15) is 4.79 Å². The summed E-state index contributed by atoms with van der Waals surface area (Å²) in [7, 11) is 0. The van der Waals surface area contributed by atoms with Gasteiger partial charge in [-0.05, 0) is 77.2 Å². The molecule has 1 heterocycles. The van der Waals surface area contributed by atoms with Gasteiger partial charge in [0.25, 0.3) is 5.91 Å². The number of hydrazone groups is 1. The number of carbonyl (C=O) groups is 1. The lowest BCUT2D eigenvalue weighted by atomic mass is 10.2. The van der Waals surface area contributed by atoms with E-state index in [4.69, 9.17) is 11.6 Å². The Kier molecular flexibility index (Phi) is 5.32. The van der Waals surface area contributed by atoms with Crippen molar-refractivity contribution < 1.29 is 4.79 Å². The van der Waals surface area contributed by atoms with E-state index in [2.05, 4.69) is 33.1 Å². The maximum Gasteiger partial charge on any atom is 0.271 e. The smallest absolute Gasteiger partial charge is 0.271 e. The zero-order valence-corrected chi connectivity index (χ0v) is 15.4. The van der Waals surface area contributed by atoms with Gasteiger partial charge in [0.1, 0.15) is 0 Å². The summed E-state index contributed by atoms with van der Waals surface area (Å²) in [5, 5.41) is 4.74. The Morgan fingerprint density at radius 2 is 1.92 bits per heavy atom. The number of amides is 1. The fourth-order valence-corrected chi connectivity index (χ4v) is 2.86. The first-order chi connectivity index (χ1) is 11.6. The molecule has 0 spiro atoms. The quantitative estimate of drug-likeness (QED) is 0.356. The van der Waals surface area contributed by atoms with E-state index < -0.39 is 0 Å². The maximum absolute atomic E-state index is 12.1. The summed E-state index contributed by atoms with van der Waals surface area (Å²) in [5.41, 5.74) is 4.94. The van der Waals surface area contributed by atoms with Crippen LogP contribution in [0, 0.1) is 3.57 Å². The molecule has 1 amide bonds. The topological polar surface area (TPSA) is 46.4 Å². The minimum Gasteiger partial charge on any atom is -0.316 e. The summed E-state index contributed by atoms with van der Waals surface area (Å²) in [5.74, 6) is -0.241. The first-order valence-corrected chi connectivity index (χ1v) is 8.61. The van der Waals surface area contributed by atoms with Crippen molar-refractivity contribution >= 4 is 46.3 Å². The fraction of sp³-hybridized carbons (Fsp3) is 0. The molecule has 3 aromatic rings. The molecule has 24 heavy (non-hydrogen) atoms. The molecule has 6 heteroatoms. The molecule has 0 atom stereocenters. The average molecular weight is 450 g/mol. The third kappa shape index (κ3) is 4.04. The highest BCUT2D eigenvalue weighted by molar-refractivity contribution is 14.1. The molecule has 2 aromatic carbocycles. The second-order valence-electron chi connectivity index (χ2n) is 4.99. The summed E-state index contributed by atoms with van der Waals surface area (Å²) in [6.45, 7) is 0. The van der Waals surface area contributed by atoms with E-state index in [1.54, 1.807) is 12.3 Å². The summed E-state index contributed by atoms with van der Waals surface area (Å²) in [4.78, 5) is 12.1. The van der Waals surface area contributed by atoms with Crippen LogP contribution in [-0.4, -0.2) is 16.7 Å². The minimum absolute atomic E-state index is 0.241. The Labute approximate surface area is 158 Å². The summed E-state index contributed by atoms with van der Waals surface area (Å²) in [6.07, 6.45) is 3.53. The molecule has 0 aliphatic rings. The Hall–Kier alpha value is -2.12. The number of nitrogens with zero attached hydrogens (tertiary/aromatic N) is 2. The van der Waals surface area contributed by atoms with Crippen LogP contribution in [0.15, 0.2) is 72.0 Å². The fourth-order valence-electron chi connectivity index (χ4n) is 2.19. The van der Waals surface area contributed by atoms with E-state index in [1.165, 1.54) is 0 Å². The lowest BCUT2D eigenvalue weighted by molar-refractivity contribution is 0.0955. The van der Waals surface area contributed by atoms with E-state index in [0.29, 0.717) is 10.6 Å². The average Bonchev–Trinajstić information content (AvgIpc) is 3.04. The van der Waals surface area contributed by atoms with Gasteiger partial charge in [-0.3, -0.25) is 4.79 Å². The first-order valence-electron chi connectivity index (χ1n) is 7.16. The van der Waals surface area contributed by atoms with E-state index in [1.807, 2.05) is 65.4 Å². The standard InChI is InChI=1S/C18H13ClIN3O/c19-14-6-8-16(9-7-14)23-10-2-5-17(23)12-21-22-18(24)13-3-1-4-15(20)11-13/h1-12H,(H,22,24)/b21-12-. The van der Waals surface area contributed by atoms with Crippen LogP contribution in [0.25, 0.3) is 5.69 Å². The molecule has 0 unspecified atom stereocenters. The Morgan fingerprint density at radius 1 is 1.12 bits per heavy atom. The lowest BCUT2D eigenvalue weighted by Gasteiger charge is -2.06. The molecule has 0 radical (unpaired) electrons. The molecule has 0 bridgehead atoms. The number of hydrogen-bond donors (Lipinski definition) is 1. The van der Waals surface area contributed by atoms with Crippen LogP contribution in [0.5, 0.6) is 0 Å². The zero-order valence-electron chi connectivity index (χ0n) is 12.5. The molecule has 1 aromatic heterocycles. The molecule has 120 valence electrons. The van der Waals surface area contributed by atoms with E-state index in [0.717, 1.165) is 15.0 Å². The first kappa shape index (κ1) is 16.7. The number of aromatic nitrogens is 1. The van der Waals surface area contributed by atoms with Gasteiger partial charge in [0, 0.05) is 26.0 Å². The summed E-state index contributed by atoms with van der Waals surface area (Å²) < 4.78 is 2.96. The van der Waals surface area contributed by atoms with Crippen LogP contribution in [0.3, 0.4) is 0 Å². The van der Waals surface area contributed by atoms with Crippen molar-refractivity contribution in [2.45, 2.75) is 0 Å². The summed E-state index contributed by atoms with van der Waals surface area (Å²) >= 11 is 8.08. The molecule has 3 rings (SSSR count). The highest BCUT2D eigenvalue weighted by Crippen LogP contribution is 2.15. The largest absolute Gasteiger partial charge is 0.316 e. The number of nitrogens with one attached hydrogen (secondary N) is 1. The normalized spacial score (nSPS) is 10.9. The van der Waals surface area contributed by atoms with Crippen molar-refractivity contribution in [1.29, 1.82) is 0 Å². The molecule has 0 aliphatic heterocycles. The van der Waals surface area contributed by atoms with Crippen molar-refractivity contribution in [1.82, 2.24) is 9.99 Å². The van der Waals surface area contributed by atoms with Gasteiger partial charge in [-0.25, -0.2) is 5.43 Å². The number of hydrogen-bond acceptors (Lipinski definition) is 2. The van der Waals surface area contributed by atoms with E-state index in [-0.39, 0.29) is 5.91 Å². The molecule has 4 nitrogen and oxygen atoms in total. The minimum atomic E-state index is -0.241. The van der Waals surface area contributed by atoms with E-state index >= 15 is 0 Å². The number of rotatable bonds is 4. The van der Waals surface area contributed by atoms with Gasteiger partial charge in [-0.1, -0.05) is 17.7 Å². The number of benzene rings is 2. The van der Waals surface area contributed by atoms with Gasteiger partial charge < -0.3 is 4.57 Å². The second kappa shape index (κ2) is 7.63. The zero-order chi connectivity index (χ0) is 16.9. The van der Waals surface area contributed by atoms with Gasteiger partial charge in [-0.2, -0.15) is 5.10 Å². The van der Waals surface area contributed by atoms with Crippen molar-refractivity contribution in [3.8, 4) is 5.69 Å². The van der Waals surface area contributed by atoms with Crippen molar-refractivity contribution in [3.05, 3.63) is 86.7 Å². The number of halogens is 2. The summed E-state index contributed by atoms with van der Waals surface area (Å²) in [6, 6.07) is 18.7. The highest BCUT2D eigenvalue weighted by atomic mass is 127. The number of carbonyl (C=O) groups excluding carboxylic acids is 1. The van der Waals surface area contributed by atoms with Gasteiger partial charge in [0.2, 0.25) is 0 Å².